The van der Waals surface area contributed by atoms with Gasteiger partial charge in [-0.25, -0.2) is 0 Å². The molecule has 0 unspecified atom stereocenters. The van der Waals surface area contributed by atoms with Crippen LogP contribution in [0.15, 0.2) is 0 Å². The normalized spacial score (nSPS) is 0. The summed E-state index contributed by atoms with van der Waals surface area (Å²) < 4.78 is 0. The first-order valence-electron chi connectivity index (χ1n) is 0. The molecule has 3 radical (unpaired) electrons. The third-order valence-corrected chi connectivity index (χ3v) is 0. The van der Waals surface area contributed by atoms with Crippen molar-refractivity contribution in [2.75, 3.05) is 0 Å². The van der Waals surface area contributed by atoms with Crippen molar-refractivity contribution in [3.63, 3.8) is 0 Å². The van der Waals surface area contributed by atoms with Crippen molar-refractivity contribution in [1.29, 1.82) is 0 Å². The fraction of sp³-hybridized carbons (Fsp3) is 0. The maximum absolute atomic E-state index is 0. The molecule has 0 rings (SSSR count). The minimum atomic E-state index is 0. The van der Waals surface area contributed by atoms with E-state index in [0.717, 1.165) is 0 Å². The van der Waals surface area contributed by atoms with Crippen LogP contribution in [0.25, 0.3) is 24.6 Å². The summed E-state index contributed by atoms with van der Waals surface area (Å²) in [5.74, 6) is 0. The van der Waals surface area contributed by atoms with Crippen LogP contribution in [0, 0.1) is 0 Å². The summed E-state index contributed by atoms with van der Waals surface area (Å²) in [4.78, 5) is 0. The van der Waals surface area contributed by atoms with E-state index in [-0.39, 0.29) is 190 Å². The van der Waals surface area contributed by atoms with Crippen LogP contribution in [-0.4, -0.2) is 0 Å². The van der Waals surface area contributed by atoms with Gasteiger partial charge in [0.2, 0.25) is 0 Å². The van der Waals surface area contributed by atoms with Crippen LogP contribution in [0.5, 0.6) is 0 Å². The zero-order valence-corrected chi connectivity index (χ0v) is 16.0. The van der Waals surface area contributed by atoms with Crippen molar-refractivity contribution in [3.8, 4) is 0 Å². The second kappa shape index (κ2) is 175. The van der Waals surface area contributed by atoms with Gasteiger partial charge in [-0.1, -0.05) is 0 Å². The molecule has 0 aromatic heterocycles. The van der Waals surface area contributed by atoms with Gasteiger partial charge in [-0.2, -0.15) is 0 Å². The Morgan fingerprint density at radius 1 is 0.308 bits per heavy atom. The van der Waals surface area contributed by atoms with Crippen molar-refractivity contribution in [2.45, 2.75) is 0 Å². The van der Waals surface area contributed by atoms with Crippen LogP contribution >= 0.6 is 0 Å². The zero-order valence-electron chi connectivity index (χ0n) is 5.24. The van der Waals surface area contributed by atoms with Crippen LogP contribution in [0.3, 0.4) is 0 Å². The van der Waals surface area contributed by atoms with Crippen LogP contribution in [-0.2, 0) is 165 Å². The van der Waals surface area contributed by atoms with Gasteiger partial charge in [-0.05, 0) is 0 Å². The Morgan fingerprint density at radius 3 is 0.308 bits per heavy atom. The molecule has 13 heavy (non-hydrogen) atoms. The zero-order chi connectivity index (χ0) is 0. The molecule has 0 N–H and O–H groups in total. The Kier molecular flexibility index (Phi) is 2810. The second-order valence-electron chi connectivity index (χ2n) is 0. The van der Waals surface area contributed by atoms with Gasteiger partial charge in [0, 0.05) is 99.8 Å². The minimum absolute atomic E-state index is 0. The van der Waals surface area contributed by atoms with E-state index in [1.165, 1.54) is 0 Å². The minimum Gasteiger partial charge on any atom is -3.00 e. The quantitative estimate of drug-likeness (QED) is 0.400. The average molecular weight is 553 g/mol. The molecule has 0 fully saturated rings. The van der Waals surface area contributed by atoms with E-state index in [9.17, 15) is 0 Å². The van der Waals surface area contributed by atoms with E-state index in [0.29, 0.717) is 0 Å². The summed E-state index contributed by atoms with van der Waals surface area (Å²) in [6.45, 7) is 0. The molecule has 0 aromatic carbocycles. The maximum Gasteiger partial charge on any atom is 4.00 e. The monoisotopic (exact) mass is 550 g/mol. The summed E-state index contributed by atoms with van der Waals surface area (Å²) in [5, 5.41) is 0. The van der Waals surface area contributed by atoms with Crippen LogP contribution in [0.1, 0.15) is 0 Å². The van der Waals surface area contributed by atoms with E-state index < -0.39 is 0 Å². The third kappa shape index (κ3) is 154. The molecule has 0 saturated heterocycles. The summed E-state index contributed by atoms with van der Waals surface area (Å²) >= 11 is 0. The van der Waals surface area contributed by atoms with E-state index >= 15 is 0 Å². The van der Waals surface area contributed by atoms with Crippen LogP contribution in [0.2, 0.25) is 0 Å². The molecular formula is Co3N4Ni3Ti3. The van der Waals surface area contributed by atoms with Crippen LogP contribution in [0.4, 0.5) is 0 Å². The standard InChI is InChI=1S/3Co.4N.3Ni.3Ti/q;;;4*-3;;;;3*+4. The third-order valence-electron chi connectivity index (χ3n) is 0. The Bertz CT molecular complexity index is 25.8. The fourth-order valence-corrected chi connectivity index (χ4v) is 0. The number of hydrogen-bond donors (Lipinski definition) is 0. The van der Waals surface area contributed by atoms with E-state index in [4.69, 9.17) is 0 Å². The molecule has 0 spiro atoms. The Labute approximate surface area is 186 Å². The first-order valence-corrected chi connectivity index (χ1v) is 0. The first-order chi connectivity index (χ1) is 0. The van der Waals surface area contributed by atoms with Gasteiger partial charge in [-0.3, -0.25) is 0 Å². The van der Waals surface area contributed by atoms with Gasteiger partial charge in [0.1, 0.15) is 0 Å². The average Bonchev–Trinajstić information content (AvgIpc) is 0. The Hall–Kier alpha value is 4.98. The summed E-state index contributed by atoms with van der Waals surface area (Å²) in [6, 6.07) is 0. The van der Waals surface area contributed by atoms with Gasteiger partial charge in [0.25, 0.3) is 0 Å². The molecule has 0 aliphatic rings. The second-order valence-corrected chi connectivity index (χ2v) is 0. The molecule has 0 bridgehead atoms. The van der Waals surface area contributed by atoms with Gasteiger partial charge < -0.3 is 24.6 Å². The number of nitrogens with zero attached hydrogens (tertiary/aromatic N) is 4. The molecule has 0 amide bonds. The predicted octanol–water partition coefficient (Wildman–Crippen LogP) is 1.13. The Morgan fingerprint density at radius 2 is 0.308 bits per heavy atom. The van der Waals surface area contributed by atoms with Crippen LogP contribution < -0.4 is 0 Å². The molecule has 0 aliphatic heterocycles. The fourth-order valence-electron chi connectivity index (χ4n) is 0. The molecule has 0 saturated carbocycles. The number of hydrogen-bond acceptors (Lipinski definition) is 0. The summed E-state index contributed by atoms with van der Waals surface area (Å²) in [6.07, 6.45) is 0. The Balaban J connectivity index is 0. The van der Waals surface area contributed by atoms with Gasteiger partial charge in [-0.15, -0.1) is 0 Å². The maximum atomic E-state index is 0. The SMILES string of the molecule is [Co].[Co].[Co].[N-3].[N-3].[N-3].[N-3].[Ni].[Ni].[Ni].[Ti+4].[Ti+4].[Ti+4]. The molecule has 0 aromatic rings. The van der Waals surface area contributed by atoms with Crippen molar-refractivity contribution in [1.82, 2.24) is 0 Å². The molecule has 89 valence electrons. The molecule has 0 aliphatic carbocycles. The van der Waals surface area contributed by atoms with E-state index in [1.807, 2.05) is 0 Å². The predicted molar refractivity (Wildman–Crippen MR) is 13.4 cm³/mol. The topological polar surface area (TPSA) is 122 Å². The van der Waals surface area contributed by atoms with Crippen molar-refractivity contribution in [3.05, 3.63) is 24.6 Å². The summed E-state index contributed by atoms with van der Waals surface area (Å²) in [7, 11) is 0. The van der Waals surface area contributed by atoms with E-state index in [1.54, 1.807) is 0 Å². The molecule has 0 heterocycles. The smallest absolute Gasteiger partial charge is 3.00 e. The summed E-state index contributed by atoms with van der Waals surface area (Å²) in [5.41, 5.74) is 0. The van der Waals surface area contributed by atoms with E-state index in [2.05, 4.69) is 0 Å². The molecular weight excluding hydrogens is 553 g/mol. The van der Waals surface area contributed by atoms with Crippen molar-refractivity contribution in [2.24, 2.45) is 0 Å². The molecule has 0 atom stereocenters. The van der Waals surface area contributed by atoms with Gasteiger partial charge in [0.05, 0.1) is 0 Å². The number of rotatable bonds is 0. The van der Waals surface area contributed by atoms with Crippen molar-refractivity contribution >= 4 is 0 Å². The molecule has 4 nitrogen and oxygen atoms in total. The van der Waals surface area contributed by atoms with Gasteiger partial charge in [0.15, 0.2) is 0 Å². The van der Waals surface area contributed by atoms with Gasteiger partial charge >= 0.3 is 65.2 Å². The molecule has 13 heteroatoms. The first kappa shape index (κ1) is 209. The van der Waals surface area contributed by atoms with Crippen molar-refractivity contribution < 1.29 is 165 Å². The largest absolute Gasteiger partial charge is 4.00 e.